The fourth-order valence-corrected chi connectivity index (χ4v) is 2.32. The van der Waals surface area contributed by atoms with Crippen molar-refractivity contribution in [1.29, 1.82) is 0 Å². The molecule has 2 unspecified atom stereocenters. The van der Waals surface area contributed by atoms with Gasteiger partial charge in [0.2, 0.25) is 0 Å². The lowest BCUT2D eigenvalue weighted by molar-refractivity contribution is 0.0913. The van der Waals surface area contributed by atoms with E-state index in [0.717, 1.165) is 18.5 Å². The Morgan fingerprint density at radius 1 is 1.50 bits per heavy atom. The Morgan fingerprint density at radius 2 is 2.25 bits per heavy atom. The maximum Gasteiger partial charge on any atom is 0.167 e. The average Bonchev–Trinajstić information content (AvgIpc) is 2.63. The highest BCUT2D eigenvalue weighted by Gasteiger charge is 2.30. The van der Waals surface area contributed by atoms with Gasteiger partial charge in [0.15, 0.2) is 5.78 Å². The summed E-state index contributed by atoms with van der Waals surface area (Å²) in [5, 5.41) is 3.26. The van der Waals surface area contributed by atoms with Gasteiger partial charge >= 0.3 is 0 Å². The molecular formula is C13H16FNO. The van der Waals surface area contributed by atoms with E-state index in [1.165, 1.54) is 12.1 Å². The van der Waals surface area contributed by atoms with Crippen molar-refractivity contribution in [3.63, 3.8) is 0 Å². The molecule has 0 amide bonds. The second kappa shape index (κ2) is 4.34. The molecule has 1 aromatic rings. The van der Waals surface area contributed by atoms with Crippen LogP contribution in [-0.4, -0.2) is 18.4 Å². The van der Waals surface area contributed by atoms with Crippen LogP contribution in [0.5, 0.6) is 0 Å². The van der Waals surface area contributed by atoms with Crippen LogP contribution in [-0.2, 0) is 0 Å². The molecule has 16 heavy (non-hydrogen) atoms. The van der Waals surface area contributed by atoms with Gasteiger partial charge in [-0.3, -0.25) is 4.79 Å². The Bertz CT molecular complexity index is 416. The van der Waals surface area contributed by atoms with Crippen LogP contribution < -0.4 is 5.32 Å². The maximum atomic E-state index is 12.9. The average molecular weight is 221 g/mol. The number of carbonyl (C=O) groups is 1. The summed E-state index contributed by atoms with van der Waals surface area (Å²) >= 11 is 0. The van der Waals surface area contributed by atoms with Crippen LogP contribution in [0.4, 0.5) is 4.39 Å². The summed E-state index contributed by atoms with van der Waals surface area (Å²) in [6.45, 7) is 4.69. The van der Waals surface area contributed by atoms with E-state index in [0.29, 0.717) is 5.56 Å². The van der Waals surface area contributed by atoms with Crippen molar-refractivity contribution >= 4 is 5.78 Å². The summed E-state index contributed by atoms with van der Waals surface area (Å²) in [7, 11) is 0. The van der Waals surface area contributed by atoms with Crippen LogP contribution in [0.1, 0.15) is 29.3 Å². The van der Waals surface area contributed by atoms with Crippen molar-refractivity contribution in [1.82, 2.24) is 5.32 Å². The Morgan fingerprint density at radius 3 is 2.81 bits per heavy atom. The lowest BCUT2D eigenvalue weighted by atomic mass is 9.90. The number of hydrogen-bond acceptors (Lipinski definition) is 2. The number of hydrogen-bond donors (Lipinski definition) is 1. The zero-order chi connectivity index (χ0) is 11.7. The molecule has 1 saturated heterocycles. The highest BCUT2D eigenvalue weighted by Crippen LogP contribution is 2.22. The third kappa shape index (κ3) is 2.00. The third-order valence-corrected chi connectivity index (χ3v) is 3.32. The zero-order valence-corrected chi connectivity index (χ0v) is 9.59. The Kier molecular flexibility index (Phi) is 3.06. The first-order valence-corrected chi connectivity index (χ1v) is 5.63. The van der Waals surface area contributed by atoms with Gasteiger partial charge in [-0.25, -0.2) is 4.39 Å². The second-order valence-electron chi connectivity index (χ2n) is 4.46. The molecule has 1 heterocycles. The second-order valence-corrected chi connectivity index (χ2v) is 4.46. The number of Topliss-reactive ketones (excluding diaryl/α,β-unsaturated/α-hetero) is 1. The van der Waals surface area contributed by atoms with Gasteiger partial charge in [0.1, 0.15) is 5.82 Å². The Hall–Kier alpha value is -1.22. The fraction of sp³-hybridized carbons (Fsp3) is 0.462. The van der Waals surface area contributed by atoms with E-state index < -0.39 is 0 Å². The zero-order valence-electron chi connectivity index (χ0n) is 9.59. The summed E-state index contributed by atoms with van der Waals surface area (Å²) in [5.74, 6) is -0.120. The van der Waals surface area contributed by atoms with E-state index >= 15 is 0 Å². The predicted octanol–water partition coefficient (Wildman–Crippen LogP) is 2.31. The summed E-state index contributed by atoms with van der Waals surface area (Å²) in [4.78, 5) is 12.2. The normalized spacial score (nSPS) is 24.7. The fourth-order valence-electron chi connectivity index (χ4n) is 2.32. The topological polar surface area (TPSA) is 29.1 Å². The monoisotopic (exact) mass is 221 g/mol. The lowest BCUT2D eigenvalue weighted by Gasteiger charge is -2.15. The first-order chi connectivity index (χ1) is 7.59. The van der Waals surface area contributed by atoms with Gasteiger partial charge in [-0.2, -0.15) is 0 Å². The molecule has 1 fully saturated rings. The maximum absolute atomic E-state index is 12.9. The van der Waals surface area contributed by atoms with Crippen LogP contribution >= 0.6 is 0 Å². The SMILES string of the molecule is Cc1cc(F)ccc1C(=O)C1CCNC1C. The molecule has 86 valence electrons. The number of benzene rings is 1. The minimum atomic E-state index is -0.286. The van der Waals surface area contributed by atoms with Gasteiger partial charge < -0.3 is 5.32 Å². The van der Waals surface area contributed by atoms with Gasteiger partial charge in [0.25, 0.3) is 0 Å². The van der Waals surface area contributed by atoms with Gasteiger partial charge in [-0.15, -0.1) is 0 Å². The minimum absolute atomic E-state index is 0.0316. The van der Waals surface area contributed by atoms with Gasteiger partial charge in [-0.05, 0) is 50.6 Å². The molecule has 1 aromatic carbocycles. The van der Waals surface area contributed by atoms with Crippen molar-refractivity contribution in [2.75, 3.05) is 6.54 Å². The van der Waals surface area contributed by atoms with E-state index in [1.54, 1.807) is 13.0 Å². The third-order valence-electron chi connectivity index (χ3n) is 3.32. The van der Waals surface area contributed by atoms with Gasteiger partial charge in [0, 0.05) is 17.5 Å². The van der Waals surface area contributed by atoms with E-state index in [9.17, 15) is 9.18 Å². The lowest BCUT2D eigenvalue weighted by Crippen LogP contribution is -2.28. The van der Waals surface area contributed by atoms with Crippen LogP contribution in [0.25, 0.3) is 0 Å². The van der Waals surface area contributed by atoms with Crippen molar-refractivity contribution in [3.8, 4) is 0 Å². The molecule has 2 rings (SSSR count). The van der Waals surface area contributed by atoms with E-state index in [4.69, 9.17) is 0 Å². The number of aryl methyl sites for hydroxylation is 1. The molecule has 0 aromatic heterocycles. The van der Waals surface area contributed by atoms with Crippen molar-refractivity contribution in [3.05, 3.63) is 35.1 Å². The standard InChI is InChI=1S/C13H16FNO/c1-8-7-10(14)3-4-11(8)13(16)12-5-6-15-9(12)2/h3-4,7,9,12,15H,5-6H2,1-2H3. The summed E-state index contributed by atoms with van der Waals surface area (Å²) in [5.41, 5.74) is 1.38. The molecule has 1 aliphatic rings. The number of rotatable bonds is 2. The highest BCUT2D eigenvalue weighted by atomic mass is 19.1. The molecule has 1 N–H and O–H groups in total. The quantitative estimate of drug-likeness (QED) is 0.776. The van der Waals surface area contributed by atoms with Crippen LogP contribution in [0.2, 0.25) is 0 Å². The molecular weight excluding hydrogens is 205 g/mol. The van der Waals surface area contributed by atoms with E-state index in [1.807, 2.05) is 6.92 Å². The number of carbonyl (C=O) groups excluding carboxylic acids is 1. The molecule has 0 radical (unpaired) electrons. The summed E-state index contributed by atoms with van der Waals surface area (Å²) < 4.78 is 12.9. The predicted molar refractivity (Wildman–Crippen MR) is 61.0 cm³/mol. The summed E-state index contributed by atoms with van der Waals surface area (Å²) in [6.07, 6.45) is 0.872. The van der Waals surface area contributed by atoms with Crippen LogP contribution in [0.3, 0.4) is 0 Å². The largest absolute Gasteiger partial charge is 0.313 e. The molecule has 0 saturated carbocycles. The van der Waals surface area contributed by atoms with Gasteiger partial charge in [-0.1, -0.05) is 0 Å². The number of halogens is 1. The molecule has 3 heteroatoms. The van der Waals surface area contributed by atoms with Gasteiger partial charge in [0.05, 0.1) is 0 Å². The number of ketones is 1. The molecule has 2 nitrogen and oxygen atoms in total. The summed E-state index contributed by atoms with van der Waals surface area (Å²) in [6, 6.07) is 4.59. The molecule has 1 aliphatic heterocycles. The highest BCUT2D eigenvalue weighted by molar-refractivity contribution is 5.99. The molecule has 0 spiro atoms. The molecule has 0 aliphatic carbocycles. The van der Waals surface area contributed by atoms with Crippen molar-refractivity contribution in [2.45, 2.75) is 26.3 Å². The van der Waals surface area contributed by atoms with Crippen LogP contribution in [0.15, 0.2) is 18.2 Å². The molecule has 2 atom stereocenters. The first kappa shape index (κ1) is 11.3. The van der Waals surface area contributed by atoms with E-state index in [2.05, 4.69) is 5.32 Å². The minimum Gasteiger partial charge on any atom is -0.313 e. The first-order valence-electron chi connectivity index (χ1n) is 5.63. The number of nitrogens with one attached hydrogen (secondary N) is 1. The smallest absolute Gasteiger partial charge is 0.167 e. The Balaban J connectivity index is 2.27. The van der Waals surface area contributed by atoms with Crippen LogP contribution in [0, 0.1) is 18.7 Å². The van der Waals surface area contributed by atoms with E-state index in [-0.39, 0.29) is 23.6 Å². The molecule has 0 bridgehead atoms. The van der Waals surface area contributed by atoms with Crippen molar-refractivity contribution < 1.29 is 9.18 Å². The van der Waals surface area contributed by atoms with Crippen molar-refractivity contribution in [2.24, 2.45) is 5.92 Å². The Labute approximate surface area is 94.9 Å².